The van der Waals surface area contributed by atoms with Crippen LogP contribution in [0.25, 0.3) is 5.82 Å². The SMILES string of the molecule is Cc1ccc(-n2cccc2[C@H]2[C@H](c3ccccn3)NC(=S)N2CCC(=O)Nc2cc(C)ccc2C)nc1. The Labute approximate surface area is 222 Å². The highest BCUT2D eigenvalue weighted by molar-refractivity contribution is 7.80. The minimum Gasteiger partial charge on any atom is -0.352 e. The van der Waals surface area contributed by atoms with E-state index in [4.69, 9.17) is 12.2 Å². The lowest BCUT2D eigenvalue weighted by Gasteiger charge is -2.28. The van der Waals surface area contributed by atoms with E-state index in [1.54, 1.807) is 6.20 Å². The monoisotopic (exact) mass is 510 g/mol. The van der Waals surface area contributed by atoms with Gasteiger partial charge in [-0.3, -0.25) is 9.78 Å². The molecule has 1 aliphatic rings. The van der Waals surface area contributed by atoms with Gasteiger partial charge in [0, 0.05) is 42.9 Å². The van der Waals surface area contributed by atoms with Crippen LogP contribution in [0.5, 0.6) is 0 Å². The highest BCUT2D eigenvalue weighted by Gasteiger charge is 2.41. The molecule has 188 valence electrons. The van der Waals surface area contributed by atoms with Crippen LogP contribution in [0.15, 0.2) is 79.3 Å². The van der Waals surface area contributed by atoms with Crippen molar-refractivity contribution in [1.82, 2.24) is 24.8 Å². The fraction of sp³-hybridized carbons (Fsp3) is 0.241. The number of aromatic nitrogens is 3. The van der Waals surface area contributed by atoms with Crippen molar-refractivity contribution in [3.05, 3.63) is 107 Å². The maximum absolute atomic E-state index is 13.0. The number of nitrogens with zero attached hydrogens (tertiary/aromatic N) is 4. The molecule has 1 saturated heterocycles. The number of pyridine rings is 2. The quantitative estimate of drug-likeness (QED) is 0.333. The molecule has 8 heteroatoms. The highest BCUT2D eigenvalue weighted by atomic mass is 32.1. The van der Waals surface area contributed by atoms with Gasteiger partial charge in [-0.15, -0.1) is 0 Å². The second-order valence-electron chi connectivity index (χ2n) is 9.43. The predicted molar refractivity (Wildman–Crippen MR) is 150 cm³/mol. The Balaban J connectivity index is 1.44. The van der Waals surface area contributed by atoms with Crippen molar-refractivity contribution < 1.29 is 4.79 Å². The number of aryl methyl sites for hydroxylation is 3. The van der Waals surface area contributed by atoms with E-state index in [1.165, 1.54) is 0 Å². The van der Waals surface area contributed by atoms with E-state index in [0.29, 0.717) is 18.1 Å². The lowest BCUT2D eigenvalue weighted by Crippen LogP contribution is -2.33. The number of nitrogens with one attached hydrogen (secondary N) is 2. The van der Waals surface area contributed by atoms with Crippen LogP contribution in [0.2, 0.25) is 0 Å². The largest absolute Gasteiger partial charge is 0.352 e. The minimum atomic E-state index is -0.172. The molecule has 7 nitrogen and oxygen atoms in total. The van der Waals surface area contributed by atoms with Gasteiger partial charge in [-0.1, -0.05) is 24.3 Å². The van der Waals surface area contributed by atoms with Crippen molar-refractivity contribution in [3.8, 4) is 5.82 Å². The zero-order valence-corrected chi connectivity index (χ0v) is 22.0. The summed E-state index contributed by atoms with van der Waals surface area (Å²) in [5.41, 5.74) is 6.00. The van der Waals surface area contributed by atoms with Crippen LogP contribution >= 0.6 is 12.2 Å². The standard InChI is InChI=1S/C29H30N6OS/c1-19-9-11-21(3)23(17-19)32-26(36)13-16-35-28(27(33-29(35)37)22-7-4-5-14-30-22)24-8-6-15-34(24)25-12-10-20(2)18-31-25/h4-12,14-15,17-18,27-28H,13,16H2,1-3H3,(H,32,36)(H,33,37)/t27-,28-/m0/s1. The molecule has 0 radical (unpaired) electrons. The molecular weight excluding hydrogens is 480 g/mol. The molecule has 1 fully saturated rings. The Bertz CT molecular complexity index is 1420. The van der Waals surface area contributed by atoms with Crippen molar-refractivity contribution in [3.63, 3.8) is 0 Å². The molecule has 1 aromatic carbocycles. The fourth-order valence-electron chi connectivity index (χ4n) is 4.72. The van der Waals surface area contributed by atoms with E-state index in [1.807, 2.05) is 81.7 Å². The molecule has 2 N–H and O–H groups in total. The molecule has 2 atom stereocenters. The summed E-state index contributed by atoms with van der Waals surface area (Å²) in [4.78, 5) is 24.3. The Morgan fingerprint density at radius 2 is 1.86 bits per heavy atom. The minimum absolute atomic E-state index is 0.0490. The highest BCUT2D eigenvalue weighted by Crippen LogP contribution is 2.39. The lowest BCUT2D eigenvalue weighted by molar-refractivity contribution is -0.116. The second kappa shape index (κ2) is 10.5. The van der Waals surface area contributed by atoms with E-state index in [0.717, 1.165) is 39.6 Å². The molecule has 4 aromatic rings. The first kappa shape index (κ1) is 24.6. The van der Waals surface area contributed by atoms with Crippen LogP contribution in [0.1, 0.15) is 46.6 Å². The van der Waals surface area contributed by atoms with Gasteiger partial charge in [0.1, 0.15) is 5.82 Å². The third-order valence-electron chi connectivity index (χ3n) is 6.67. The van der Waals surface area contributed by atoms with Crippen LogP contribution in [-0.4, -0.2) is 37.0 Å². The van der Waals surface area contributed by atoms with Gasteiger partial charge < -0.3 is 20.1 Å². The maximum Gasteiger partial charge on any atom is 0.226 e. The summed E-state index contributed by atoms with van der Waals surface area (Å²) in [5, 5.41) is 7.14. The first-order valence-corrected chi connectivity index (χ1v) is 12.8. The van der Waals surface area contributed by atoms with E-state index in [-0.39, 0.29) is 18.0 Å². The molecule has 1 amide bonds. The zero-order chi connectivity index (χ0) is 25.9. The molecule has 0 aliphatic carbocycles. The normalized spacial score (nSPS) is 17.1. The summed E-state index contributed by atoms with van der Waals surface area (Å²) in [6, 6.07) is 19.8. The topological polar surface area (TPSA) is 75.1 Å². The van der Waals surface area contributed by atoms with Gasteiger partial charge in [-0.25, -0.2) is 4.98 Å². The van der Waals surface area contributed by atoms with E-state index in [9.17, 15) is 4.79 Å². The molecule has 0 saturated carbocycles. The summed E-state index contributed by atoms with van der Waals surface area (Å²) in [7, 11) is 0. The second-order valence-corrected chi connectivity index (χ2v) is 9.82. The van der Waals surface area contributed by atoms with Gasteiger partial charge in [0.15, 0.2) is 5.11 Å². The van der Waals surface area contributed by atoms with E-state index < -0.39 is 0 Å². The van der Waals surface area contributed by atoms with Crippen LogP contribution in [0.4, 0.5) is 5.69 Å². The van der Waals surface area contributed by atoms with Gasteiger partial charge in [0.2, 0.25) is 5.91 Å². The van der Waals surface area contributed by atoms with Crippen LogP contribution in [0, 0.1) is 20.8 Å². The van der Waals surface area contributed by atoms with Crippen molar-refractivity contribution in [1.29, 1.82) is 0 Å². The van der Waals surface area contributed by atoms with Gasteiger partial charge in [-0.2, -0.15) is 0 Å². The molecule has 4 heterocycles. The molecular formula is C29H30N6OS. The van der Waals surface area contributed by atoms with Gasteiger partial charge in [0.05, 0.1) is 17.8 Å². The number of carbonyl (C=O) groups excluding carboxylic acids is 1. The number of thiocarbonyl (C=S) groups is 1. The summed E-state index contributed by atoms with van der Waals surface area (Å²) in [6.45, 7) is 6.50. The number of rotatable bonds is 7. The van der Waals surface area contributed by atoms with Crippen molar-refractivity contribution >= 4 is 28.9 Å². The number of benzene rings is 1. The summed E-state index contributed by atoms with van der Waals surface area (Å²) in [6.07, 6.45) is 5.96. The first-order chi connectivity index (χ1) is 17.9. The number of hydrogen-bond acceptors (Lipinski definition) is 4. The predicted octanol–water partition coefficient (Wildman–Crippen LogP) is 5.19. The third-order valence-corrected chi connectivity index (χ3v) is 7.02. The molecule has 0 unspecified atom stereocenters. The summed E-state index contributed by atoms with van der Waals surface area (Å²) >= 11 is 5.80. The number of anilines is 1. The van der Waals surface area contributed by atoms with Gasteiger partial charge in [-0.05, 0) is 86.1 Å². The zero-order valence-electron chi connectivity index (χ0n) is 21.2. The van der Waals surface area contributed by atoms with Crippen LogP contribution < -0.4 is 10.6 Å². The Hall–Kier alpha value is -4.04. The van der Waals surface area contributed by atoms with Gasteiger partial charge >= 0.3 is 0 Å². The van der Waals surface area contributed by atoms with Gasteiger partial charge in [0.25, 0.3) is 0 Å². The van der Waals surface area contributed by atoms with Crippen LogP contribution in [0.3, 0.4) is 0 Å². The van der Waals surface area contributed by atoms with Crippen molar-refractivity contribution in [2.45, 2.75) is 39.3 Å². The van der Waals surface area contributed by atoms with E-state index in [2.05, 4.69) is 42.2 Å². The smallest absolute Gasteiger partial charge is 0.226 e. The third kappa shape index (κ3) is 5.24. The van der Waals surface area contributed by atoms with E-state index >= 15 is 0 Å². The lowest BCUT2D eigenvalue weighted by atomic mass is 10.0. The molecule has 5 rings (SSSR count). The average molecular weight is 511 g/mol. The maximum atomic E-state index is 13.0. The van der Waals surface area contributed by atoms with Crippen molar-refractivity contribution in [2.24, 2.45) is 0 Å². The Morgan fingerprint density at radius 3 is 2.62 bits per heavy atom. The number of amides is 1. The summed E-state index contributed by atoms with van der Waals surface area (Å²) in [5.74, 6) is 0.780. The molecule has 3 aromatic heterocycles. The molecule has 0 bridgehead atoms. The van der Waals surface area contributed by atoms with Crippen molar-refractivity contribution in [2.75, 3.05) is 11.9 Å². The first-order valence-electron chi connectivity index (χ1n) is 12.4. The fourth-order valence-corrected chi connectivity index (χ4v) is 5.05. The molecule has 1 aliphatic heterocycles. The molecule has 0 spiro atoms. The average Bonchev–Trinajstić information content (AvgIpc) is 3.50. The number of hydrogen-bond donors (Lipinski definition) is 2. The molecule has 37 heavy (non-hydrogen) atoms. The van der Waals surface area contributed by atoms with Crippen LogP contribution in [-0.2, 0) is 4.79 Å². The number of carbonyl (C=O) groups is 1. The Kier molecular flexibility index (Phi) is 7.01. The Morgan fingerprint density at radius 1 is 1.03 bits per heavy atom. The summed E-state index contributed by atoms with van der Waals surface area (Å²) < 4.78 is 2.08.